The summed E-state index contributed by atoms with van der Waals surface area (Å²) in [5, 5.41) is 14.6. The topological polar surface area (TPSA) is 41.6 Å². The first-order valence-corrected chi connectivity index (χ1v) is 6.68. The average Bonchev–Trinajstić information content (AvgIpc) is 2.79. The van der Waals surface area contributed by atoms with Crippen molar-refractivity contribution in [2.45, 2.75) is 6.42 Å². The first kappa shape index (κ1) is 11.9. The Labute approximate surface area is 119 Å². The van der Waals surface area contributed by atoms with E-state index < -0.39 is 0 Å². The highest BCUT2D eigenvalue weighted by Gasteiger charge is 2.11. The summed E-state index contributed by atoms with van der Waals surface area (Å²) in [5.41, 5.74) is 2.81. The first-order chi connectivity index (χ1) is 9.29. The summed E-state index contributed by atoms with van der Waals surface area (Å²) in [7, 11) is 0. The van der Waals surface area contributed by atoms with E-state index in [0.29, 0.717) is 6.42 Å². The molecule has 1 heterocycles. The summed E-state index contributed by atoms with van der Waals surface area (Å²) in [6.07, 6.45) is 0.344. The first-order valence-electron chi connectivity index (χ1n) is 5.89. The second-order valence-electron chi connectivity index (χ2n) is 4.19. The van der Waals surface area contributed by atoms with Gasteiger partial charge in [-0.1, -0.05) is 34.1 Å². The van der Waals surface area contributed by atoms with Crippen molar-refractivity contribution in [3.8, 4) is 11.8 Å². The monoisotopic (exact) mass is 311 g/mol. The Balaban J connectivity index is 2.25. The molecule has 0 bridgehead atoms. The molecule has 0 N–H and O–H groups in total. The maximum atomic E-state index is 9.01. The fourth-order valence-electron chi connectivity index (χ4n) is 2.13. The molecule has 0 spiro atoms. The third-order valence-electron chi connectivity index (χ3n) is 3.00. The summed E-state index contributed by atoms with van der Waals surface area (Å²) in [4.78, 5) is 0. The van der Waals surface area contributed by atoms with Crippen molar-refractivity contribution in [2.75, 3.05) is 0 Å². The van der Waals surface area contributed by atoms with Gasteiger partial charge < -0.3 is 0 Å². The van der Waals surface area contributed by atoms with Crippen molar-refractivity contribution in [3.63, 3.8) is 0 Å². The highest BCUT2D eigenvalue weighted by molar-refractivity contribution is 9.10. The van der Waals surface area contributed by atoms with Gasteiger partial charge >= 0.3 is 0 Å². The molecule has 92 valence electrons. The van der Waals surface area contributed by atoms with Crippen molar-refractivity contribution in [1.29, 1.82) is 5.26 Å². The standard InChI is InChI=1S/C15H10BrN3/c16-11-5-7-12(8-6-11)19-15(9-10-17)13-3-1-2-4-14(13)18-19/h1-8H,9H2. The molecule has 0 amide bonds. The molecule has 0 radical (unpaired) electrons. The third kappa shape index (κ3) is 2.13. The normalized spacial score (nSPS) is 10.5. The molecule has 2 aromatic carbocycles. The third-order valence-corrected chi connectivity index (χ3v) is 3.52. The maximum absolute atomic E-state index is 9.01. The minimum atomic E-state index is 0.344. The number of fused-ring (bicyclic) bond motifs is 1. The molecule has 0 aliphatic carbocycles. The Morgan fingerprint density at radius 3 is 2.58 bits per heavy atom. The molecule has 3 rings (SSSR count). The van der Waals surface area contributed by atoms with Gasteiger partial charge in [0.25, 0.3) is 0 Å². The lowest BCUT2D eigenvalue weighted by Gasteiger charge is -2.05. The second-order valence-corrected chi connectivity index (χ2v) is 5.10. The zero-order valence-corrected chi connectivity index (χ0v) is 11.6. The number of aromatic nitrogens is 2. The van der Waals surface area contributed by atoms with Crippen LogP contribution in [-0.4, -0.2) is 9.78 Å². The van der Waals surface area contributed by atoms with Crippen molar-refractivity contribution in [2.24, 2.45) is 0 Å². The summed E-state index contributed by atoms with van der Waals surface area (Å²) >= 11 is 3.42. The summed E-state index contributed by atoms with van der Waals surface area (Å²) < 4.78 is 2.87. The molecule has 0 aliphatic rings. The van der Waals surface area contributed by atoms with Gasteiger partial charge in [0.05, 0.1) is 29.4 Å². The van der Waals surface area contributed by atoms with Crippen LogP contribution in [0.25, 0.3) is 16.6 Å². The van der Waals surface area contributed by atoms with Crippen molar-refractivity contribution in [3.05, 3.63) is 58.7 Å². The van der Waals surface area contributed by atoms with E-state index in [-0.39, 0.29) is 0 Å². The Morgan fingerprint density at radius 2 is 1.84 bits per heavy atom. The lowest BCUT2D eigenvalue weighted by molar-refractivity contribution is 0.844. The van der Waals surface area contributed by atoms with Crippen LogP contribution in [0.2, 0.25) is 0 Å². The van der Waals surface area contributed by atoms with Crippen LogP contribution in [0.15, 0.2) is 53.0 Å². The van der Waals surface area contributed by atoms with Gasteiger partial charge in [-0.2, -0.15) is 10.4 Å². The van der Waals surface area contributed by atoms with E-state index in [2.05, 4.69) is 27.1 Å². The fraction of sp³-hybridized carbons (Fsp3) is 0.0667. The number of hydrogen-bond donors (Lipinski definition) is 0. The van der Waals surface area contributed by atoms with E-state index in [1.807, 2.05) is 53.2 Å². The Kier molecular flexibility index (Phi) is 3.06. The van der Waals surface area contributed by atoms with Gasteiger partial charge in [0.15, 0.2) is 0 Å². The molecule has 3 nitrogen and oxygen atoms in total. The van der Waals surface area contributed by atoms with Crippen LogP contribution in [0.3, 0.4) is 0 Å². The molecule has 0 fully saturated rings. The van der Waals surface area contributed by atoms with E-state index in [1.54, 1.807) is 0 Å². The predicted molar refractivity (Wildman–Crippen MR) is 78.1 cm³/mol. The zero-order chi connectivity index (χ0) is 13.2. The lowest BCUT2D eigenvalue weighted by Crippen LogP contribution is -2.01. The molecule has 0 saturated heterocycles. The van der Waals surface area contributed by atoms with Crippen molar-refractivity contribution < 1.29 is 0 Å². The number of hydrogen-bond acceptors (Lipinski definition) is 2. The summed E-state index contributed by atoms with van der Waals surface area (Å²) in [5.74, 6) is 0. The molecule has 0 aliphatic heterocycles. The van der Waals surface area contributed by atoms with E-state index in [9.17, 15) is 0 Å². The zero-order valence-electron chi connectivity index (χ0n) is 10.0. The smallest absolute Gasteiger partial charge is 0.0931 e. The van der Waals surface area contributed by atoms with Crippen molar-refractivity contribution >= 4 is 26.8 Å². The van der Waals surface area contributed by atoms with E-state index >= 15 is 0 Å². The minimum absolute atomic E-state index is 0.344. The van der Waals surface area contributed by atoms with Crippen LogP contribution >= 0.6 is 15.9 Å². The number of benzene rings is 2. The molecular formula is C15H10BrN3. The van der Waals surface area contributed by atoms with Gasteiger partial charge in [-0.25, -0.2) is 4.68 Å². The van der Waals surface area contributed by atoms with Gasteiger partial charge in [-0.05, 0) is 30.3 Å². The van der Waals surface area contributed by atoms with Gasteiger partial charge in [-0.15, -0.1) is 0 Å². The SMILES string of the molecule is N#CCc1c2ccccc2nn1-c1ccc(Br)cc1. The molecule has 0 saturated carbocycles. The largest absolute Gasteiger partial charge is 0.236 e. The maximum Gasteiger partial charge on any atom is 0.0931 e. The molecule has 4 heteroatoms. The van der Waals surface area contributed by atoms with E-state index in [4.69, 9.17) is 5.26 Å². The molecule has 0 atom stereocenters. The molecule has 0 unspecified atom stereocenters. The number of nitriles is 1. The minimum Gasteiger partial charge on any atom is -0.236 e. The Bertz CT molecular complexity index is 766. The average molecular weight is 312 g/mol. The van der Waals surface area contributed by atoms with Gasteiger partial charge in [-0.3, -0.25) is 0 Å². The second kappa shape index (κ2) is 4.87. The summed E-state index contributed by atoms with van der Waals surface area (Å²) in [6.45, 7) is 0. The Morgan fingerprint density at radius 1 is 1.11 bits per heavy atom. The molecule has 1 aromatic heterocycles. The summed E-state index contributed by atoms with van der Waals surface area (Å²) in [6, 6.07) is 18.0. The number of rotatable bonds is 2. The van der Waals surface area contributed by atoms with Crippen LogP contribution in [0, 0.1) is 11.3 Å². The molecule has 3 aromatic rings. The quantitative estimate of drug-likeness (QED) is 0.721. The number of halogens is 1. The Hall–Kier alpha value is -2.12. The highest BCUT2D eigenvalue weighted by atomic mass is 79.9. The van der Waals surface area contributed by atoms with Crippen LogP contribution < -0.4 is 0 Å². The predicted octanol–water partition coefficient (Wildman–Crippen LogP) is 3.85. The molecular weight excluding hydrogens is 302 g/mol. The van der Waals surface area contributed by atoms with Gasteiger partial charge in [0.1, 0.15) is 0 Å². The van der Waals surface area contributed by atoms with Crippen LogP contribution in [0.1, 0.15) is 5.69 Å². The lowest BCUT2D eigenvalue weighted by atomic mass is 10.2. The van der Waals surface area contributed by atoms with Crippen LogP contribution in [-0.2, 0) is 6.42 Å². The van der Waals surface area contributed by atoms with Crippen molar-refractivity contribution in [1.82, 2.24) is 9.78 Å². The van der Waals surface area contributed by atoms with E-state index in [1.165, 1.54) is 0 Å². The fourth-order valence-corrected chi connectivity index (χ4v) is 2.39. The molecule has 19 heavy (non-hydrogen) atoms. The van der Waals surface area contributed by atoms with Gasteiger partial charge in [0.2, 0.25) is 0 Å². The number of nitrogens with zero attached hydrogens (tertiary/aromatic N) is 3. The van der Waals surface area contributed by atoms with E-state index in [0.717, 1.165) is 26.8 Å². The van der Waals surface area contributed by atoms with Crippen LogP contribution in [0.4, 0.5) is 0 Å². The highest BCUT2D eigenvalue weighted by Crippen LogP contribution is 2.23. The van der Waals surface area contributed by atoms with Gasteiger partial charge in [0, 0.05) is 9.86 Å². The van der Waals surface area contributed by atoms with Crippen LogP contribution in [0.5, 0.6) is 0 Å².